The fourth-order valence-corrected chi connectivity index (χ4v) is 9.68. The molecule has 6 nitrogen and oxygen atoms in total. The highest BCUT2D eigenvalue weighted by Crippen LogP contribution is 2.41. The number of nitrogens with zero attached hydrogens (tertiary/aromatic N) is 3. The van der Waals surface area contributed by atoms with Crippen LogP contribution in [0.1, 0.15) is 82.0 Å². The molecule has 12 aromatic rings. The van der Waals surface area contributed by atoms with Crippen LogP contribution < -0.4 is 13.7 Å². The predicted octanol–water partition coefficient (Wildman–Crippen LogP) is 15.5. The number of fused-ring (bicyclic) bond motifs is 9. The van der Waals surface area contributed by atoms with Gasteiger partial charge >= 0.3 is 0 Å². The van der Waals surface area contributed by atoms with Gasteiger partial charge in [-0.1, -0.05) is 98.7 Å². The van der Waals surface area contributed by atoms with E-state index in [0.717, 1.165) is 105 Å². The maximum Gasteiger partial charge on any atom is 0.216 e. The summed E-state index contributed by atoms with van der Waals surface area (Å²) in [5.41, 5.74) is 14.5. The average molecular weight is 934 g/mol. The van der Waals surface area contributed by atoms with Crippen molar-refractivity contribution in [1.82, 2.24) is 0 Å². The molecule has 6 heteroatoms. The van der Waals surface area contributed by atoms with Gasteiger partial charge in [-0.15, -0.1) is 0 Å². The van der Waals surface area contributed by atoms with Crippen LogP contribution in [0.5, 0.6) is 0 Å². The van der Waals surface area contributed by atoms with Gasteiger partial charge in [-0.2, -0.15) is 0 Å². The van der Waals surface area contributed by atoms with Gasteiger partial charge in [0.2, 0.25) is 17.1 Å². The molecule has 70 heavy (non-hydrogen) atoms. The van der Waals surface area contributed by atoms with E-state index in [1.807, 2.05) is 123 Å². The van der Waals surface area contributed by atoms with Crippen LogP contribution in [0.15, 0.2) is 165 Å². The molecular weight excluding hydrogens is 859 g/mol. The molecule has 6 aromatic carbocycles. The predicted molar refractivity (Wildman–Crippen MR) is 288 cm³/mol. The smallest absolute Gasteiger partial charge is 0.216 e. The summed E-state index contributed by atoms with van der Waals surface area (Å²) in [7, 11) is 5.57. The number of hydrogen-bond acceptors (Lipinski definition) is 3. The summed E-state index contributed by atoms with van der Waals surface area (Å²) >= 11 is 0. The van der Waals surface area contributed by atoms with E-state index in [2.05, 4.69) is 37.3 Å². The van der Waals surface area contributed by atoms with Crippen LogP contribution in [0.2, 0.25) is 0 Å². The highest BCUT2D eigenvalue weighted by atomic mass is 16.3. The average Bonchev–Trinajstić information content (AvgIpc) is 2.34. The summed E-state index contributed by atoms with van der Waals surface area (Å²) in [6, 6.07) is 42.0. The van der Waals surface area contributed by atoms with E-state index in [1.165, 1.54) is 6.92 Å². The van der Waals surface area contributed by atoms with Crippen LogP contribution in [0, 0.1) is 48.3 Å². The van der Waals surface area contributed by atoms with Crippen molar-refractivity contribution < 1.29 is 44.8 Å². The summed E-state index contributed by atoms with van der Waals surface area (Å²) in [5.74, 6) is -1.70. The summed E-state index contributed by atoms with van der Waals surface area (Å²) < 4.78 is 126. The Balaban J connectivity index is 0.000000139. The first-order chi connectivity index (χ1) is 38.9. The molecule has 0 N–H and O–H groups in total. The Labute approximate surface area is 428 Å². The third kappa shape index (κ3) is 8.11. The monoisotopic (exact) mass is 934 g/mol. The van der Waals surface area contributed by atoms with Gasteiger partial charge in [-0.3, -0.25) is 0 Å². The van der Waals surface area contributed by atoms with Crippen LogP contribution in [-0.2, 0) is 21.1 Å². The van der Waals surface area contributed by atoms with Crippen molar-refractivity contribution in [3.63, 3.8) is 0 Å². The molecule has 0 aliphatic heterocycles. The largest absolute Gasteiger partial charge is 0.455 e. The molecule has 12 rings (SSSR count). The van der Waals surface area contributed by atoms with Crippen LogP contribution in [0.4, 0.5) is 0 Å². The lowest BCUT2D eigenvalue weighted by Gasteiger charge is -2.09. The molecule has 0 saturated heterocycles. The minimum Gasteiger partial charge on any atom is -0.455 e. The number of aromatic nitrogens is 3. The number of benzene rings is 6. The van der Waals surface area contributed by atoms with Crippen molar-refractivity contribution in [2.45, 2.75) is 67.9 Å². The third-order valence-electron chi connectivity index (χ3n) is 13.3. The highest BCUT2D eigenvalue weighted by Gasteiger charge is 2.24. The van der Waals surface area contributed by atoms with Crippen LogP contribution >= 0.6 is 0 Å². The molecule has 0 fully saturated rings. The van der Waals surface area contributed by atoms with Gasteiger partial charge in [0.15, 0.2) is 18.6 Å². The first-order valence-electron chi connectivity index (χ1n) is 29.7. The maximum absolute atomic E-state index is 8.46. The zero-order valence-corrected chi connectivity index (χ0v) is 40.5. The van der Waals surface area contributed by atoms with Gasteiger partial charge in [-0.25, -0.2) is 13.7 Å². The lowest BCUT2D eigenvalue weighted by atomic mass is 9.97. The van der Waals surface area contributed by atoms with E-state index in [-0.39, 0.29) is 11.1 Å². The quantitative estimate of drug-likeness (QED) is 0.165. The van der Waals surface area contributed by atoms with Gasteiger partial charge in [0.1, 0.15) is 54.6 Å². The first kappa shape index (κ1) is 32.8. The van der Waals surface area contributed by atoms with E-state index >= 15 is 0 Å². The van der Waals surface area contributed by atoms with Crippen LogP contribution in [-0.4, -0.2) is 0 Å². The topological polar surface area (TPSA) is 51.1 Å². The SMILES string of the molecule is [2H]C([2H])([2H])C([2H])(C)c1cc[n+](C)c(-c2c(C)ccc3c2oc2ccccc23)c1.[2H]C([2H])([2H])c1c[n+](C)c(-c2c(C)ccc3c2oc2ccccc23)cc1C.[2H]C([2H])([2H])c1ccc(-c2c(C)cc(C([2H])([2H])[2H])c3c2oc2ccccc23)[n+](C)c1. The molecule has 0 aliphatic carbocycles. The summed E-state index contributed by atoms with van der Waals surface area (Å²) in [5, 5.41) is 5.54. The zero-order valence-electron chi connectivity index (χ0n) is 53.5. The molecule has 1 unspecified atom stereocenters. The number of para-hydroxylation sites is 3. The van der Waals surface area contributed by atoms with Crippen molar-refractivity contribution in [2.75, 3.05) is 0 Å². The normalized spacial score (nSPS) is 15.9. The first-order valence-corrected chi connectivity index (χ1v) is 23.2. The summed E-state index contributed by atoms with van der Waals surface area (Å²) in [6.45, 7) is 0.146. The molecule has 1 atom stereocenters. The van der Waals surface area contributed by atoms with E-state index in [0.29, 0.717) is 27.7 Å². The van der Waals surface area contributed by atoms with Gasteiger partial charge in [0, 0.05) is 85.5 Å². The van der Waals surface area contributed by atoms with E-state index in [9.17, 15) is 0 Å². The second-order valence-electron chi connectivity index (χ2n) is 18.2. The fraction of sp³-hybridized carbons (Fsp3) is 0.203. The molecular formula is C64H62N3O3+3. The summed E-state index contributed by atoms with van der Waals surface area (Å²) in [4.78, 5) is 0. The van der Waals surface area contributed by atoms with Crippen molar-refractivity contribution in [2.24, 2.45) is 21.1 Å². The van der Waals surface area contributed by atoms with Gasteiger partial charge in [0.25, 0.3) is 0 Å². The third-order valence-corrected chi connectivity index (χ3v) is 13.3. The van der Waals surface area contributed by atoms with Crippen LogP contribution in [0.25, 0.3) is 99.6 Å². The lowest BCUT2D eigenvalue weighted by Crippen LogP contribution is -2.31. The van der Waals surface area contributed by atoms with Crippen molar-refractivity contribution in [3.8, 4) is 33.8 Å². The van der Waals surface area contributed by atoms with E-state index in [1.54, 1.807) is 54.3 Å². The van der Waals surface area contributed by atoms with Crippen LogP contribution in [0.3, 0.4) is 0 Å². The minimum atomic E-state index is -2.43. The second-order valence-corrected chi connectivity index (χ2v) is 18.2. The summed E-state index contributed by atoms with van der Waals surface area (Å²) in [6.07, 6.45) is 5.09. The molecule has 6 heterocycles. The van der Waals surface area contributed by atoms with Gasteiger partial charge in [-0.05, 0) is 112 Å². The Bertz CT molecular complexity index is 4520. The molecule has 6 aromatic heterocycles. The Morgan fingerprint density at radius 3 is 1.57 bits per heavy atom. The van der Waals surface area contributed by atoms with E-state index in [4.69, 9.17) is 31.1 Å². The molecule has 0 radical (unpaired) electrons. The van der Waals surface area contributed by atoms with E-state index < -0.39 is 33.3 Å². The molecule has 348 valence electrons. The highest BCUT2D eigenvalue weighted by molar-refractivity contribution is 6.12. The molecule has 0 spiro atoms. The Morgan fingerprint density at radius 1 is 0.443 bits per heavy atom. The molecule has 0 saturated carbocycles. The standard InChI is InChI=1S/C22H22NO.2C21H20NO/c1-14(2)16-11-12-23(4)19(13-16)21-15(3)9-10-18-17-7-5-6-8-20(17)24-22(18)21;1-13-9-10-17-16-7-5-6-8-19(16)23-21(17)20(13)18-11-14(2)15(3)12-22(18)4;1-13-9-10-17(22(4)12-13)20-15(3)11-14(2)19-16-7-5-6-8-18(16)23-21(19)20/h5-14H,1-4H3;2*5-12H,1-4H3/q3*+1/i1D3,14D;3D3;1D3,2D3. The minimum absolute atomic E-state index is 0.237. The number of pyridine rings is 3. The Hall–Kier alpha value is -7.83. The number of aryl methyl sites for hydroxylation is 10. The van der Waals surface area contributed by atoms with Gasteiger partial charge in [0.05, 0.1) is 16.7 Å². The molecule has 0 bridgehead atoms. The fourth-order valence-electron chi connectivity index (χ4n) is 9.68. The molecule has 0 aliphatic rings. The lowest BCUT2D eigenvalue weighted by molar-refractivity contribution is -0.660. The number of rotatable bonds is 4. The Kier molecular flexibility index (Phi) is 8.56. The second kappa shape index (κ2) is 18.2. The Morgan fingerprint density at radius 2 is 0.986 bits per heavy atom. The zero-order chi connectivity index (χ0) is 60.0. The van der Waals surface area contributed by atoms with Crippen molar-refractivity contribution >= 4 is 65.8 Å². The molecule has 0 amide bonds. The van der Waals surface area contributed by atoms with Crippen molar-refractivity contribution in [1.29, 1.82) is 0 Å². The maximum atomic E-state index is 8.46. The van der Waals surface area contributed by atoms with Crippen molar-refractivity contribution in [3.05, 3.63) is 197 Å². The number of hydrogen-bond donors (Lipinski definition) is 0. The number of furan rings is 3. The van der Waals surface area contributed by atoms with Gasteiger partial charge < -0.3 is 13.3 Å².